The molecule has 0 unspecified atom stereocenters. The number of aryl methyl sites for hydroxylation is 1. The van der Waals surface area contributed by atoms with E-state index in [1.54, 1.807) is 7.05 Å². The summed E-state index contributed by atoms with van der Waals surface area (Å²) in [5, 5.41) is 8.36. The molecule has 0 bridgehead atoms. The number of nitrogens with one attached hydrogen (secondary N) is 3. The Labute approximate surface area is 119 Å². The predicted octanol–water partition coefficient (Wildman–Crippen LogP) is 0.516. The highest BCUT2D eigenvalue weighted by molar-refractivity contribution is 5.81. The van der Waals surface area contributed by atoms with Crippen LogP contribution in [-0.2, 0) is 16.0 Å². The molecule has 3 N–H and O–H groups in total. The Morgan fingerprint density at radius 3 is 2.75 bits per heavy atom. The third-order valence-corrected chi connectivity index (χ3v) is 3.55. The van der Waals surface area contributed by atoms with E-state index in [-0.39, 0.29) is 30.9 Å². The lowest BCUT2D eigenvalue weighted by Crippen LogP contribution is -2.40. The maximum Gasteiger partial charge on any atom is 0.234 e. The van der Waals surface area contributed by atoms with Crippen LogP contribution < -0.4 is 16.0 Å². The first kappa shape index (κ1) is 14.5. The number of rotatable bonds is 5. The molecular weight excluding hydrogens is 254 g/mol. The van der Waals surface area contributed by atoms with Crippen LogP contribution in [-0.4, -0.2) is 32.0 Å². The van der Waals surface area contributed by atoms with Crippen molar-refractivity contribution in [3.63, 3.8) is 0 Å². The zero-order valence-electron chi connectivity index (χ0n) is 11.7. The summed E-state index contributed by atoms with van der Waals surface area (Å²) >= 11 is 0. The molecule has 1 aromatic rings. The first-order valence-corrected chi connectivity index (χ1v) is 6.99. The fraction of sp³-hybridized carbons (Fsp3) is 0.467. The Kier molecular flexibility index (Phi) is 5.12. The molecule has 0 spiro atoms. The van der Waals surface area contributed by atoms with E-state index in [4.69, 9.17) is 0 Å². The van der Waals surface area contributed by atoms with Crippen molar-refractivity contribution in [2.45, 2.75) is 25.3 Å². The lowest BCUT2D eigenvalue weighted by Gasteiger charge is -2.26. The van der Waals surface area contributed by atoms with Gasteiger partial charge in [-0.3, -0.25) is 14.9 Å². The predicted molar refractivity (Wildman–Crippen MR) is 77.2 cm³/mol. The van der Waals surface area contributed by atoms with Crippen LogP contribution >= 0.6 is 0 Å². The summed E-state index contributed by atoms with van der Waals surface area (Å²) in [6, 6.07) is 8.34. The molecule has 0 fully saturated rings. The fourth-order valence-corrected chi connectivity index (χ4v) is 2.53. The molecule has 20 heavy (non-hydrogen) atoms. The lowest BCUT2D eigenvalue weighted by atomic mass is 9.88. The standard InChI is InChI=1S/C15H21N3O2/c1-16-14(19)9-17-10-15(20)18-13-8-4-6-11-5-2-3-7-12(11)13/h2-3,5,7,13,17H,4,6,8-10H2,1H3,(H,16,19)(H,18,20)/t13-/m1/s1. The van der Waals surface area contributed by atoms with E-state index < -0.39 is 0 Å². The van der Waals surface area contributed by atoms with E-state index in [2.05, 4.69) is 28.1 Å². The summed E-state index contributed by atoms with van der Waals surface area (Å²) < 4.78 is 0. The molecule has 1 aliphatic carbocycles. The van der Waals surface area contributed by atoms with Gasteiger partial charge in [-0.1, -0.05) is 24.3 Å². The Balaban J connectivity index is 1.85. The Morgan fingerprint density at radius 1 is 1.20 bits per heavy atom. The van der Waals surface area contributed by atoms with Gasteiger partial charge in [-0.05, 0) is 30.4 Å². The zero-order valence-corrected chi connectivity index (χ0v) is 11.7. The molecule has 5 heteroatoms. The van der Waals surface area contributed by atoms with Crippen molar-refractivity contribution in [3.05, 3.63) is 35.4 Å². The minimum atomic E-state index is -0.124. The van der Waals surface area contributed by atoms with Gasteiger partial charge in [0.25, 0.3) is 0 Å². The Morgan fingerprint density at radius 2 is 1.95 bits per heavy atom. The summed E-state index contributed by atoms with van der Waals surface area (Å²) in [5.74, 6) is -0.198. The second-order valence-corrected chi connectivity index (χ2v) is 4.99. The van der Waals surface area contributed by atoms with Crippen molar-refractivity contribution in [2.75, 3.05) is 20.1 Å². The molecule has 1 atom stereocenters. The van der Waals surface area contributed by atoms with E-state index in [1.807, 2.05) is 12.1 Å². The SMILES string of the molecule is CNC(=O)CNCC(=O)N[C@@H]1CCCc2ccccc21. The normalized spacial score (nSPS) is 17.1. The maximum atomic E-state index is 11.9. The maximum absolute atomic E-state index is 11.9. The van der Waals surface area contributed by atoms with Crippen LogP contribution in [0.2, 0.25) is 0 Å². The van der Waals surface area contributed by atoms with Crippen molar-refractivity contribution in [1.29, 1.82) is 0 Å². The Bertz CT molecular complexity index is 488. The number of amides is 2. The largest absolute Gasteiger partial charge is 0.358 e. The van der Waals surface area contributed by atoms with Crippen LogP contribution in [0.5, 0.6) is 0 Å². The van der Waals surface area contributed by atoms with Crippen molar-refractivity contribution in [3.8, 4) is 0 Å². The highest BCUT2D eigenvalue weighted by Crippen LogP contribution is 2.29. The molecule has 0 aromatic heterocycles. The van der Waals surface area contributed by atoms with Gasteiger partial charge in [0.15, 0.2) is 0 Å². The number of likely N-dealkylation sites (N-methyl/N-ethyl adjacent to an activating group) is 1. The zero-order chi connectivity index (χ0) is 14.4. The molecule has 0 heterocycles. The topological polar surface area (TPSA) is 70.2 Å². The highest BCUT2D eigenvalue weighted by Gasteiger charge is 2.20. The average Bonchev–Trinajstić information content (AvgIpc) is 2.47. The van der Waals surface area contributed by atoms with Gasteiger partial charge in [0.2, 0.25) is 11.8 Å². The van der Waals surface area contributed by atoms with Gasteiger partial charge in [-0.2, -0.15) is 0 Å². The van der Waals surface area contributed by atoms with Crippen LogP contribution in [0.1, 0.15) is 30.0 Å². The smallest absolute Gasteiger partial charge is 0.234 e. The second-order valence-electron chi connectivity index (χ2n) is 4.99. The monoisotopic (exact) mass is 275 g/mol. The Hall–Kier alpha value is -1.88. The first-order chi connectivity index (χ1) is 9.70. The van der Waals surface area contributed by atoms with Gasteiger partial charge in [0, 0.05) is 7.05 Å². The number of hydrogen-bond donors (Lipinski definition) is 3. The average molecular weight is 275 g/mol. The third kappa shape index (κ3) is 3.81. The van der Waals surface area contributed by atoms with Crippen LogP contribution in [0.25, 0.3) is 0 Å². The molecule has 2 amide bonds. The van der Waals surface area contributed by atoms with Gasteiger partial charge >= 0.3 is 0 Å². The number of hydrogen-bond acceptors (Lipinski definition) is 3. The second kappa shape index (κ2) is 7.05. The van der Waals surface area contributed by atoms with Crippen LogP contribution in [0.3, 0.4) is 0 Å². The van der Waals surface area contributed by atoms with Gasteiger partial charge in [-0.15, -0.1) is 0 Å². The van der Waals surface area contributed by atoms with Crippen LogP contribution in [0, 0.1) is 0 Å². The van der Waals surface area contributed by atoms with Crippen molar-refractivity contribution < 1.29 is 9.59 Å². The van der Waals surface area contributed by atoms with E-state index in [9.17, 15) is 9.59 Å². The summed E-state index contributed by atoms with van der Waals surface area (Å²) in [6.45, 7) is 0.317. The molecule has 0 saturated carbocycles. The van der Waals surface area contributed by atoms with Gasteiger partial charge in [0.05, 0.1) is 19.1 Å². The quantitative estimate of drug-likeness (QED) is 0.733. The molecule has 1 aliphatic rings. The minimum Gasteiger partial charge on any atom is -0.358 e. The van der Waals surface area contributed by atoms with Gasteiger partial charge in [-0.25, -0.2) is 0 Å². The number of fused-ring (bicyclic) bond motifs is 1. The summed E-state index contributed by atoms with van der Waals surface area (Å²) in [4.78, 5) is 22.9. The van der Waals surface area contributed by atoms with Crippen molar-refractivity contribution in [1.82, 2.24) is 16.0 Å². The van der Waals surface area contributed by atoms with Crippen LogP contribution in [0.15, 0.2) is 24.3 Å². The first-order valence-electron chi connectivity index (χ1n) is 6.99. The van der Waals surface area contributed by atoms with Crippen LogP contribution in [0.4, 0.5) is 0 Å². The summed E-state index contributed by atoms with van der Waals surface area (Å²) in [6.07, 6.45) is 3.14. The van der Waals surface area contributed by atoms with E-state index >= 15 is 0 Å². The number of carbonyl (C=O) groups is 2. The van der Waals surface area contributed by atoms with Gasteiger partial charge in [0.1, 0.15) is 0 Å². The van der Waals surface area contributed by atoms with Crippen molar-refractivity contribution in [2.24, 2.45) is 0 Å². The summed E-state index contributed by atoms with van der Waals surface area (Å²) in [7, 11) is 1.57. The molecule has 0 aliphatic heterocycles. The highest BCUT2D eigenvalue weighted by atomic mass is 16.2. The minimum absolute atomic E-state index is 0.0735. The van der Waals surface area contributed by atoms with Crippen molar-refractivity contribution >= 4 is 11.8 Å². The van der Waals surface area contributed by atoms with E-state index in [0.29, 0.717) is 0 Å². The van der Waals surface area contributed by atoms with E-state index in [0.717, 1.165) is 19.3 Å². The molecule has 0 saturated heterocycles. The number of carbonyl (C=O) groups excluding carboxylic acids is 2. The summed E-state index contributed by atoms with van der Waals surface area (Å²) in [5.41, 5.74) is 2.54. The molecule has 2 rings (SSSR count). The third-order valence-electron chi connectivity index (χ3n) is 3.55. The lowest BCUT2D eigenvalue weighted by molar-refractivity contribution is -0.121. The number of benzene rings is 1. The molecule has 0 radical (unpaired) electrons. The molecular formula is C15H21N3O2. The molecule has 108 valence electrons. The van der Waals surface area contributed by atoms with E-state index in [1.165, 1.54) is 11.1 Å². The molecule has 5 nitrogen and oxygen atoms in total. The molecule has 1 aromatic carbocycles. The fourth-order valence-electron chi connectivity index (χ4n) is 2.53. The van der Waals surface area contributed by atoms with Gasteiger partial charge < -0.3 is 10.6 Å².